The lowest BCUT2D eigenvalue weighted by atomic mass is 10.1. The number of sulfonamides is 1. The molecule has 5 nitrogen and oxygen atoms in total. The first kappa shape index (κ1) is 15.9. The molecule has 6 heteroatoms. The molecule has 1 unspecified atom stereocenters. The molecule has 0 aromatic heterocycles. The van der Waals surface area contributed by atoms with Crippen molar-refractivity contribution in [3.05, 3.63) is 23.3 Å². The van der Waals surface area contributed by atoms with Gasteiger partial charge in [0.2, 0.25) is 10.0 Å². The zero-order valence-electron chi connectivity index (χ0n) is 11.9. The van der Waals surface area contributed by atoms with E-state index in [0.717, 1.165) is 11.1 Å². The van der Waals surface area contributed by atoms with Gasteiger partial charge in [-0.3, -0.25) is 0 Å². The Morgan fingerprint density at radius 3 is 2.53 bits per heavy atom. The summed E-state index contributed by atoms with van der Waals surface area (Å²) in [6.07, 6.45) is 0.621. The third-order valence-electron chi connectivity index (χ3n) is 3.10. The van der Waals surface area contributed by atoms with Gasteiger partial charge in [0.25, 0.3) is 0 Å². The number of benzene rings is 1. The van der Waals surface area contributed by atoms with Gasteiger partial charge in [-0.1, -0.05) is 0 Å². The van der Waals surface area contributed by atoms with Gasteiger partial charge in [0.05, 0.1) is 4.90 Å². The average Bonchev–Trinajstić information content (AvgIpc) is 2.32. The summed E-state index contributed by atoms with van der Waals surface area (Å²) in [5.41, 5.74) is 8.08. The fourth-order valence-corrected chi connectivity index (χ4v) is 3.09. The van der Waals surface area contributed by atoms with Crippen LogP contribution >= 0.6 is 0 Å². The van der Waals surface area contributed by atoms with Crippen LogP contribution in [-0.2, 0) is 14.8 Å². The molecule has 0 aliphatic carbocycles. The minimum Gasteiger partial charge on any atom is -0.398 e. The second-order valence-corrected chi connectivity index (χ2v) is 6.47. The van der Waals surface area contributed by atoms with Gasteiger partial charge in [0.15, 0.2) is 0 Å². The van der Waals surface area contributed by atoms with Crippen LogP contribution in [0.2, 0.25) is 0 Å². The summed E-state index contributed by atoms with van der Waals surface area (Å²) in [5, 5.41) is 0. The van der Waals surface area contributed by atoms with Crippen molar-refractivity contribution in [1.29, 1.82) is 0 Å². The van der Waals surface area contributed by atoms with Gasteiger partial charge in [-0.2, -0.15) is 0 Å². The lowest BCUT2D eigenvalue weighted by Crippen LogP contribution is -2.33. The second kappa shape index (κ2) is 6.36. The number of aryl methyl sites for hydroxylation is 1. The monoisotopic (exact) mass is 286 g/mol. The lowest BCUT2D eigenvalue weighted by molar-refractivity contribution is 0.188. The molecule has 1 aromatic rings. The first-order chi connectivity index (χ1) is 8.77. The summed E-state index contributed by atoms with van der Waals surface area (Å²) in [6, 6.07) is 2.94. The highest BCUT2D eigenvalue weighted by Gasteiger charge is 2.18. The molecule has 3 N–H and O–H groups in total. The molecule has 0 radical (unpaired) electrons. The highest BCUT2D eigenvalue weighted by molar-refractivity contribution is 7.89. The van der Waals surface area contributed by atoms with Crippen molar-refractivity contribution in [2.24, 2.45) is 0 Å². The van der Waals surface area contributed by atoms with Gasteiger partial charge in [0.1, 0.15) is 0 Å². The molecule has 1 atom stereocenters. The molecular formula is C13H22N2O3S. The maximum Gasteiger partial charge on any atom is 0.240 e. The normalized spacial score (nSPS) is 13.5. The second-order valence-electron chi connectivity index (χ2n) is 4.76. The Morgan fingerprint density at radius 2 is 2.00 bits per heavy atom. The molecule has 0 bridgehead atoms. The number of methoxy groups -OCH3 is 1. The molecule has 0 aliphatic heterocycles. The fourth-order valence-electron chi connectivity index (χ4n) is 1.69. The summed E-state index contributed by atoms with van der Waals surface area (Å²) in [5.74, 6) is 0. The van der Waals surface area contributed by atoms with Crippen molar-refractivity contribution in [3.63, 3.8) is 0 Å². The van der Waals surface area contributed by atoms with Gasteiger partial charge < -0.3 is 10.5 Å². The quantitative estimate of drug-likeness (QED) is 0.778. The van der Waals surface area contributed by atoms with Crippen molar-refractivity contribution in [2.45, 2.75) is 38.1 Å². The molecule has 1 rings (SSSR count). The van der Waals surface area contributed by atoms with Crippen LogP contribution in [0.15, 0.2) is 17.0 Å². The first-order valence-corrected chi connectivity index (χ1v) is 7.64. The number of rotatable bonds is 6. The molecule has 0 aliphatic rings. The van der Waals surface area contributed by atoms with Crippen molar-refractivity contribution in [3.8, 4) is 0 Å². The Bertz CT molecular complexity index is 518. The number of nitrogens with two attached hydrogens (primary N) is 1. The maximum absolute atomic E-state index is 12.2. The van der Waals surface area contributed by atoms with Gasteiger partial charge in [0, 0.05) is 25.4 Å². The Balaban J connectivity index is 2.95. The van der Waals surface area contributed by atoms with Crippen molar-refractivity contribution in [2.75, 3.05) is 19.5 Å². The van der Waals surface area contributed by atoms with E-state index in [-0.39, 0.29) is 10.9 Å². The highest BCUT2D eigenvalue weighted by Crippen LogP contribution is 2.21. The molecule has 0 saturated carbocycles. The molecule has 19 heavy (non-hydrogen) atoms. The zero-order valence-corrected chi connectivity index (χ0v) is 12.7. The molecular weight excluding hydrogens is 264 g/mol. The van der Waals surface area contributed by atoms with Crippen LogP contribution in [0.1, 0.15) is 24.5 Å². The third-order valence-corrected chi connectivity index (χ3v) is 4.67. The van der Waals surface area contributed by atoms with E-state index in [1.807, 2.05) is 13.8 Å². The molecule has 0 fully saturated rings. The smallest absolute Gasteiger partial charge is 0.240 e. The number of hydrogen-bond donors (Lipinski definition) is 2. The molecule has 0 amide bonds. The van der Waals surface area contributed by atoms with Crippen LogP contribution in [-0.4, -0.2) is 28.2 Å². The average molecular weight is 286 g/mol. The number of nitrogens with one attached hydrogen (secondary N) is 1. The lowest BCUT2D eigenvalue weighted by Gasteiger charge is -2.15. The predicted molar refractivity (Wildman–Crippen MR) is 76.6 cm³/mol. The van der Waals surface area contributed by atoms with Crippen LogP contribution in [0.5, 0.6) is 0 Å². The van der Waals surface area contributed by atoms with E-state index in [1.165, 1.54) is 6.07 Å². The summed E-state index contributed by atoms with van der Waals surface area (Å²) < 4.78 is 32.0. The summed E-state index contributed by atoms with van der Waals surface area (Å²) >= 11 is 0. The van der Waals surface area contributed by atoms with Gasteiger partial charge >= 0.3 is 0 Å². The number of anilines is 1. The molecule has 108 valence electrons. The van der Waals surface area contributed by atoms with E-state index >= 15 is 0 Å². The summed E-state index contributed by atoms with van der Waals surface area (Å²) in [7, 11) is -1.95. The van der Waals surface area contributed by atoms with E-state index in [9.17, 15) is 8.42 Å². The van der Waals surface area contributed by atoms with E-state index in [4.69, 9.17) is 10.5 Å². The minimum absolute atomic E-state index is 0.187. The number of nitrogen functional groups attached to an aromatic ring is 1. The maximum atomic E-state index is 12.2. The van der Waals surface area contributed by atoms with E-state index in [0.29, 0.717) is 18.7 Å². The molecule has 0 heterocycles. The largest absolute Gasteiger partial charge is 0.398 e. The Labute approximate surface area is 115 Å². The predicted octanol–water partition coefficient (Wildman–Crippen LogP) is 1.59. The van der Waals surface area contributed by atoms with Gasteiger partial charge in [-0.25, -0.2) is 13.1 Å². The van der Waals surface area contributed by atoms with Crippen molar-refractivity contribution < 1.29 is 13.2 Å². The summed E-state index contributed by atoms with van der Waals surface area (Å²) in [6.45, 7) is 6.04. The Hall–Kier alpha value is -1.11. The van der Waals surface area contributed by atoms with E-state index < -0.39 is 10.0 Å². The first-order valence-electron chi connectivity index (χ1n) is 6.16. The SMILES string of the molecule is COCCC(C)NS(=O)(=O)c1cc(C)c(C)c(N)c1. The van der Waals surface area contributed by atoms with Crippen LogP contribution in [0.4, 0.5) is 5.69 Å². The Kier molecular flexibility index (Phi) is 5.34. The van der Waals surface area contributed by atoms with Crippen LogP contribution < -0.4 is 10.5 Å². The number of hydrogen-bond acceptors (Lipinski definition) is 4. The molecule has 1 aromatic carbocycles. The van der Waals surface area contributed by atoms with Crippen LogP contribution in [0.25, 0.3) is 0 Å². The zero-order chi connectivity index (χ0) is 14.6. The van der Waals surface area contributed by atoms with E-state index in [2.05, 4.69) is 4.72 Å². The standard InChI is InChI=1S/C13H22N2O3S/c1-9-7-12(8-13(14)11(9)3)19(16,17)15-10(2)5-6-18-4/h7-8,10,15H,5-6,14H2,1-4H3. The Morgan fingerprint density at radius 1 is 1.37 bits per heavy atom. The van der Waals surface area contributed by atoms with Crippen LogP contribution in [0.3, 0.4) is 0 Å². The molecule has 0 saturated heterocycles. The topological polar surface area (TPSA) is 81.4 Å². The van der Waals surface area contributed by atoms with Crippen molar-refractivity contribution in [1.82, 2.24) is 4.72 Å². The number of ether oxygens (including phenoxy) is 1. The van der Waals surface area contributed by atoms with Gasteiger partial charge in [-0.15, -0.1) is 0 Å². The van der Waals surface area contributed by atoms with Crippen molar-refractivity contribution >= 4 is 15.7 Å². The highest BCUT2D eigenvalue weighted by atomic mass is 32.2. The van der Waals surface area contributed by atoms with Crippen LogP contribution in [0, 0.1) is 13.8 Å². The van der Waals surface area contributed by atoms with Gasteiger partial charge in [-0.05, 0) is 50.5 Å². The fraction of sp³-hybridized carbons (Fsp3) is 0.538. The summed E-state index contributed by atoms with van der Waals surface area (Å²) in [4.78, 5) is 0.206. The minimum atomic E-state index is -3.54. The molecule has 0 spiro atoms. The van der Waals surface area contributed by atoms with E-state index in [1.54, 1.807) is 20.1 Å². The third kappa shape index (κ3) is 4.19.